The summed E-state index contributed by atoms with van der Waals surface area (Å²) in [5, 5.41) is 20.3. The van der Waals surface area contributed by atoms with Crippen LogP contribution in [0.3, 0.4) is 0 Å². The summed E-state index contributed by atoms with van der Waals surface area (Å²) in [6.07, 6.45) is 1.71. The molecule has 1 aliphatic rings. The zero-order valence-electron chi connectivity index (χ0n) is 8.82. The molecule has 0 bridgehead atoms. The van der Waals surface area contributed by atoms with Crippen molar-refractivity contribution in [3.63, 3.8) is 0 Å². The number of nitrogens with one attached hydrogen (secondary N) is 1. The van der Waals surface area contributed by atoms with Crippen molar-refractivity contribution in [2.45, 2.75) is 25.3 Å². The van der Waals surface area contributed by atoms with Crippen molar-refractivity contribution in [1.82, 2.24) is 5.32 Å². The SMILES string of the molecule is COCC(CCO)NC(=O)C1(C#N)CC1. The number of aliphatic hydroxyl groups is 1. The van der Waals surface area contributed by atoms with Crippen LogP contribution in [0, 0.1) is 16.7 Å². The van der Waals surface area contributed by atoms with Gasteiger partial charge in [0.1, 0.15) is 5.41 Å². The highest BCUT2D eigenvalue weighted by Gasteiger charge is 2.50. The fourth-order valence-electron chi connectivity index (χ4n) is 1.39. The van der Waals surface area contributed by atoms with E-state index in [9.17, 15) is 4.79 Å². The van der Waals surface area contributed by atoms with Crippen LogP contribution in [0.25, 0.3) is 0 Å². The van der Waals surface area contributed by atoms with Crippen molar-refractivity contribution in [1.29, 1.82) is 5.26 Å². The highest BCUT2D eigenvalue weighted by Crippen LogP contribution is 2.45. The molecule has 2 N–H and O–H groups in total. The fourth-order valence-corrected chi connectivity index (χ4v) is 1.39. The van der Waals surface area contributed by atoms with Crippen LogP contribution in [-0.2, 0) is 9.53 Å². The second-order valence-corrected chi connectivity index (χ2v) is 3.83. The van der Waals surface area contributed by atoms with Gasteiger partial charge in [-0.1, -0.05) is 0 Å². The molecule has 0 heterocycles. The molecular formula is C10H16N2O3. The predicted molar refractivity (Wildman–Crippen MR) is 52.8 cm³/mol. The molecule has 0 radical (unpaired) electrons. The number of nitriles is 1. The summed E-state index contributed by atoms with van der Waals surface area (Å²) in [5.74, 6) is -0.236. The fraction of sp³-hybridized carbons (Fsp3) is 0.800. The van der Waals surface area contributed by atoms with Crippen LogP contribution in [0.5, 0.6) is 0 Å². The Kier molecular flexibility index (Phi) is 4.06. The Bertz CT molecular complexity index is 262. The minimum Gasteiger partial charge on any atom is -0.396 e. The maximum absolute atomic E-state index is 11.6. The maximum Gasteiger partial charge on any atom is 0.240 e. The van der Waals surface area contributed by atoms with Crippen LogP contribution in [0.1, 0.15) is 19.3 Å². The van der Waals surface area contributed by atoms with Gasteiger partial charge in [0.05, 0.1) is 18.7 Å². The molecule has 1 atom stereocenters. The maximum atomic E-state index is 11.6. The van der Waals surface area contributed by atoms with Gasteiger partial charge >= 0.3 is 0 Å². The number of hydrogen-bond donors (Lipinski definition) is 2. The lowest BCUT2D eigenvalue weighted by molar-refractivity contribution is -0.125. The Labute approximate surface area is 89.0 Å². The second-order valence-electron chi connectivity index (χ2n) is 3.83. The number of rotatable bonds is 6. The Hall–Kier alpha value is -1.12. The Morgan fingerprint density at radius 3 is 2.80 bits per heavy atom. The molecule has 84 valence electrons. The highest BCUT2D eigenvalue weighted by atomic mass is 16.5. The van der Waals surface area contributed by atoms with E-state index in [1.54, 1.807) is 0 Å². The molecule has 1 unspecified atom stereocenters. The topological polar surface area (TPSA) is 82.3 Å². The summed E-state index contributed by atoms with van der Waals surface area (Å²) in [5.41, 5.74) is -0.804. The Morgan fingerprint density at radius 1 is 1.73 bits per heavy atom. The first-order valence-corrected chi connectivity index (χ1v) is 5.00. The molecule has 0 aromatic rings. The molecule has 1 rings (SSSR count). The summed E-state index contributed by atoms with van der Waals surface area (Å²) in [6, 6.07) is 1.82. The third kappa shape index (κ3) is 2.91. The smallest absolute Gasteiger partial charge is 0.240 e. The first-order valence-electron chi connectivity index (χ1n) is 5.00. The Morgan fingerprint density at radius 2 is 2.40 bits per heavy atom. The third-order valence-electron chi connectivity index (χ3n) is 2.58. The number of nitrogens with zero attached hydrogens (tertiary/aromatic N) is 1. The molecular weight excluding hydrogens is 196 g/mol. The van der Waals surface area contributed by atoms with Crippen LogP contribution in [0.4, 0.5) is 0 Å². The number of ether oxygens (including phenoxy) is 1. The Balaban J connectivity index is 2.44. The lowest BCUT2D eigenvalue weighted by Gasteiger charge is -2.18. The summed E-state index contributed by atoms with van der Waals surface area (Å²) in [4.78, 5) is 11.6. The number of amides is 1. The average molecular weight is 212 g/mol. The molecule has 5 nitrogen and oxygen atoms in total. The van der Waals surface area contributed by atoms with E-state index in [1.807, 2.05) is 6.07 Å². The normalized spacial score (nSPS) is 19.0. The molecule has 0 saturated heterocycles. The van der Waals surface area contributed by atoms with Crippen molar-refractivity contribution in [3.05, 3.63) is 0 Å². The third-order valence-corrected chi connectivity index (χ3v) is 2.58. The quantitative estimate of drug-likeness (QED) is 0.639. The number of carbonyl (C=O) groups is 1. The van der Waals surface area contributed by atoms with Crippen molar-refractivity contribution in [2.75, 3.05) is 20.3 Å². The van der Waals surface area contributed by atoms with E-state index in [0.29, 0.717) is 25.9 Å². The van der Waals surface area contributed by atoms with Crippen LogP contribution < -0.4 is 5.32 Å². The van der Waals surface area contributed by atoms with Crippen molar-refractivity contribution in [2.24, 2.45) is 5.41 Å². The lowest BCUT2D eigenvalue weighted by atomic mass is 10.1. The summed E-state index contributed by atoms with van der Waals surface area (Å²) >= 11 is 0. The van der Waals surface area contributed by atoms with Gasteiger partial charge in [-0.25, -0.2) is 0 Å². The van der Waals surface area contributed by atoms with Gasteiger partial charge in [0.2, 0.25) is 5.91 Å². The van der Waals surface area contributed by atoms with Gasteiger partial charge in [-0.05, 0) is 19.3 Å². The van der Waals surface area contributed by atoms with E-state index in [0.717, 1.165) is 0 Å². The van der Waals surface area contributed by atoms with E-state index < -0.39 is 5.41 Å². The van der Waals surface area contributed by atoms with E-state index in [2.05, 4.69) is 5.32 Å². The molecule has 0 aromatic carbocycles. The average Bonchev–Trinajstić information content (AvgIpc) is 2.99. The van der Waals surface area contributed by atoms with Crippen LogP contribution in [0.15, 0.2) is 0 Å². The van der Waals surface area contributed by atoms with Gasteiger partial charge in [0.25, 0.3) is 0 Å². The van der Waals surface area contributed by atoms with Crippen LogP contribution in [-0.4, -0.2) is 37.4 Å². The number of carbonyl (C=O) groups excluding carboxylic acids is 1. The van der Waals surface area contributed by atoms with Crippen LogP contribution >= 0.6 is 0 Å². The highest BCUT2D eigenvalue weighted by molar-refractivity contribution is 5.88. The van der Waals surface area contributed by atoms with Gasteiger partial charge in [-0.15, -0.1) is 0 Å². The van der Waals surface area contributed by atoms with Crippen molar-refractivity contribution < 1.29 is 14.6 Å². The minimum atomic E-state index is -0.804. The molecule has 15 heavy (non-hydrogen) atoms. The molecule has 5 heteroatoms. The summed E-state index contributed by atoms with van der Waals surface area (Å²) in [6.45, 7) is 0.349. The first kappa shape index (κ1) is 12.0. The summed E-state index contributed by atoms with van der Waals surface area (Å²) in [7, 11) is 1.54. The van der Waals surface area contributed by atoms with Crippen molar-refractivity contribution in [3.8, 4) is 6.07 Å². The first-order chi connectivity index (χ1) is 7.18. The zero-order chi connectivity index (χ0) is 11.3. The monoisotopic (exact) mass is 212 g/mol. The van der Waals surface area contributed by atoms with E-state index >= 15 is 0 Å². The molecule has 1 saturated carbocycles. The summed E-state index contributed by atoms with van der Waals surface area (Å²) < 4.78 is 4.92. The van der Waals surface area contributed by atoms with Crippen LogP contribution in [0.2, 0.25) is 0 Å². The molecule has 1 amide bonds. The number of aliphatic hydroxyl groups excluding tert-OH is 1. The standard InChI is InChI=1S/C10H16N2O3/c1-15-6-8(2-5-13)12-9(14)10(7-11)3-4-10/h8,13H,2-6H2,1H3,(H,12,14). The van der Waals surface area contributed by atoms with E-state index in [1.165, 1.54) is 7.11 Å². The lowest BCUT2D eigenvalue weighted by Crippen LogP contribution is -2.42. The van der Waals surface area contributed by atoms with E-state index in [-0.39, 0.29) is 18.6 Å². The van der Waals surface area contributed by atoms with Gasteiger partial charge in [-0.3, -0.25) is 4.79 Å². The number of methoxy groups -OCH3 is 1. The van der Waals surface area contributed by atoms with E-state index in [4.69, 9.17) is 15.1 Å². The van der Waals surface area contributed by atoms with Gasteiger partial charge in [-0.2, -0.15) is 5.26 Å². The molecule has 0 aliphatic heterocycles. The molecule has 1 fully saturated rings. The zero-order valence-corrected chi connectivity index (χ0v) is 8.82. The van der Waals surface area contributed by atoms with Crippen molar-refractivity contribution >= 4 is 5.91 Å². The second kappa shape index (κ2) is 5.10. The minimum absolute atomic E-state index is 0.00609. The molecule has 1 aliphatic carbocycles. The van der Waals surface area contributed by atoms with Gasteiger partial charge in [0, 0.05) is 13.7 Å². The van der Waals surface area contributed by atoms with Gasteiger partial charge < -0.3 is 15.2 Å². The number of hydrogen-bond acceptors (Lipinski definition) is 4. The molecule has 0 spiro atoms. The predicted octanol–water partition coefficient (Wildman–Crippen LogP) is -0.196. The largest absolute Gasteiger partial charge is 0.396 e. The molecule has 0 aromatic heterocycles. The van der Waals surface area contributed by atoms with Gasteiger partial charge in [0.15, 0.2) is 0 Å².